The Labute approximate surface area is 192 Å². The van der Waals surface area contributed by atoms with E-state index in [-0.39, 0.29) is 6.42 Å². The number of rotatable bonds is 5. The van der Waals surface area contributed by atoms with Gasteiger partial charge in [-0.1, -0.05) is 28.4 Å². The fourth-order valence-electron chi connectivity index (χ4n) is 3.23. The second-order valence-corrected chi connectivity index (χ2v) is 9.96. The first-order valence-corrected chi connectivity index (χ1v) is 11.3. The van der Waals surface area contributed by atoms with Gasteiger partial charge in [-0.05, 0) is 79.2 Å². The van der Waals surface area contributed by atoms with Crippen LogP contribution in [-0.4, -0.2) is 23.4 Å². The molecule has 0 saturated heterocycles. The number of carbonyl (C=O) groups excluding carboxylic acids is 1. The molecule has 0 aliphatic heterocycles. The number of carbonyl (C=O) groups is 1. The lowest BCUT2D eigenvalue weighted by atomic mass is 9.93. The minimum atomic E-state index is -0.686. The zero-order valence-electron chi connectivity index (χ0n) is 17.5. The quantitative estimate of drug-likeness (QED) is 0.420. The van der Waals surface area contributed by atoms with Gasteiger partial charge in [-0.2, -0.15) is 0 Å². The smallest absolute Gasteiger partial charge is 0.408 e. The molecule has 1 aromatic carbocycles. The van der Waals surface area contributed by atoms with Crippen molar-refractivity contribution in [3.63, 3.8) is 0 Å². The Balaban J connectivity index is 2.44. The topological polar surface area (TPSA) is 62.2 Å². The molecule has 1 amide bonds. The van der Waals surface area contributed by atoms with Crippen molar-refractivity contribution < 1.29 is 18.3 Å². The monoisotopic (exact) mass is 546 g/mol. The normalized spacial score (nSPS) is 16.5. The van der Waals surface area contributed by atoms with Crippen molar-refractivity contribution >= 4 is 43.7 Å². The molecule has 1 atom stereocenters. The number of amides is 1. The summed E-state index contributed by atoms with van der Waals surface area (Å²) in [5.41, 5.74) is 2.03. The molecule has 8 heteroatoms. The van der Waals surface area contributed by atoms with Crippen LogP contribution >= 0.6 is 31.9 Å². The largest absolute Gasteiger partial charge is 0.444 e. The molecule has 0 saturated carbocycles. The van der Waals surface area contributed by atoms with Crippen LogP contribution in [-0.2, 0) is 11.2 Å². The summed E-state index contributed by atoms with van der Waals surface area (Å²) in [7, 11) is 0. The van der Waals surface area contributed by atoms with E-state index in [4.69, 9.17) is 10.1 Å². The predicted molar refractivity (Wildman–Crippen MR) is 122 cm³/mol. The van der Waals surface area contributed by atoms with Crippen LogP contribution in [0.25, 0.3) is 0 Å². The second-order valence-electron chi connectivity index (χ2n) is 8.21. The lowest BCUT2D eigenvalue weighted by molar-refractivity contribution is 0.0511. The zero-order valence-corrected chi connectivity index (χ0v) is 20.6. The van der Waals surface area contributed by atoms with E-state index in [9.17, 15) is 13.6 Å². The van der Waals surface area contributed by atoms with Gasteiger partial charge in [-0.3, -0.25) is 0 Å². The number of nitrogens with one attached hydrogen (secondary N) is 2. The standard InChI is InChI=1S/C22H26Br2F2N2O2/c1-5-13-9-16(17(23)11-18(27)20(13)24)19(28-21(29)30-22(2,3)4)8-12-6-14(25)10-15(26)7-12/h6-7,10,19,27H,5,8-9,11H2,1-4H3,(H,28,29). The molecule has 0 radical (unpaired) electrons. The Morgan fingerprint density at radius 1 is 1.20 bits per heavy atom. The number of alkyl carbamates (subject to hydrolysis) is 1. The van der Waals surface area contributed by atoms with Gasteiger partial charge in [0.25, 0.3) is 0 Å². The molecule has 0 spiro atoms. The predicted octanol–water partition coefficient (Wildman–Crippen LogP) is 6.92. The van der Waals surface area contributed by atoms with Crippen LogP contribution in [0.1, 0.15) is 52.5 Å². The number of hydrogen-bond donors (Lipinski definition) is 2. The summed E-state index contributed by atoms with van der Waals surface area (Å²) in [5.74, 6) is -1.35. The van der Waals surface area contributed by atoms with Crippen LogP contribution in [0, 0.1) is 17.0 Å². The number of halogens is 4. The summed E-state index contributed by atoms with van der Waals surface area (Å²) in [5, 5.41) is 11.1. The van der Waals surface area contributed by atoms with Crippen LogP contribution in [0.3, 0.4) is 0 Å². The molecule has 0 fully saturated rings. The van der Waals surface area contributed by atoms with Crippen molar-refractivity contribution in [3.05, 3.63) is 55.5 Å². The summed E-state index contributed by atoms with van der Waals surface area (Å²) < 4.78 is 34.4. The SMILES string of the molecule is CCC1=C(Br)C(=N)CC(Br)=C(C(Cc2cc(F)cc(F)c2)NC(=O)OC(C)(C)C)C1. The molecule has 1 unspecified atom stereocenters. The van der Waals surface area contributed by atoms with Crippen molar-refractivity contribution in [1.82, 2.24) is 5.32 Å². The van der Waals surface area contributed by atoms with Crippen molar-refractivity contribution in [1.29, 1.82) is 5.41 Å². The third-order valence-electron chi connectivity index (χ3n) is 4.56. The average Bonchev–Trinajstić information content (AvgIpc) is 2.68. The van der Waals surface area contributed by atoms with E-state index >= 15 is 0 Å². The van der Waals surface area contributed by atoms with Crippen LogP contribution in [0.4, 0.5) is 13.6 Å². The highest BCUT2D eigenvalue weighted by atomic mass is 79.9. The summed E-state index contributed by atoms with van der Waals surface area (Å²) in [6, 6.07) is 2.76. The number of ether oxygens (including phenoxy) is 1. The van der Waals surface area contributed by atoms with Crippen LogP contribution in [0.2, 0.25) is 0 Å². The number of hydrogen-bond acceptors (Lipinski definition) is 3. The minimum absolute atomic E-state index is 0.181. The molecule has 30 heavy (non-hydrogen) atoms. The first-order valence-electron chi connectivity index (χ1n) is 9.66. The summed E-state index contributed by atoms with van der Waals surface area (Å²) in [6.07, 6.45) is 1.15. The van der Waals surface area contributed by atoms with Gasteiger partial charge in [0, 0.05) is 21.5 Å². The molecular weight excluding hydrogens is 522 g/mol. The van der Waals surface area contributed by atoms with Crippen molar-refractivity contribution in [3.8, 4) is 0 Å². The van der Waals surface area contributed by atoms with E-state index in [2.05, 4.69) is 37.2 Å². The van der Waals surface area contributed by atoms with E-state index in [1.54, 1.807) is 20.8 Å². The molecule has 1 aliphatic rings. The van der Waals surface area contributed by atoms with Gasteiger partial charge in [-0.25, -0.2) is 13.6 Å². The molecule has 2 N–H and O–H groups in total. The fraction of sp³-hybridized carbons (Fsp3) is 0.455. The Morgan fingerprint density at radius 3 is 2.33 bits per heavy atom. The first kappa shape index (κ1) is 24.7. The Hall–Kier alpha value is -1.54. The maximum atomic E-state index is 13.8. The van der Waals surface area contributed by atoms with Gasteiger partial charge in [0.1, 0.15) is 17.2 Å². The molecule has 0 aromatic heterocycles. The molecule has 1 aromatic rings. The van der Waals surface area contributed by atoms with Crippen LogP contribution in [0.15, 0.2) is 38.3 Å². The van der Waals surface area contributed by atoms with Gasteiger partial charge >= 0.3 is 6.09 Å². The van der Waals surface area contributed by atoms with E-state index < -0.39 is 29.4 Å². The highest BCUT2D eigenvalue weighted by molar-refractivity contribution is 9.12. The van der Waals surface area contributed by atoms with Gasteiger partial charge < -0.3 is 15.5 Å². The van der Waals surface area contributed by atoms with Gasteiger partial charge in [0.2, 0.25) is 0 Å². The second kappa shape index (κ2) is 10.2. The van der Waals surface area contributed by atoms with E-state index in [0.29, 0.717) is 24.1 Å². The minimum Gasteiger partial charge on any atom is -0.444 e. The Bertz CT molecular complexity index is 885. The molecule has 164 valence electrons. The lowest BCUT2D eigenvalue weighted by Gasteiger charge is -2.26. The van der Waals surface area contributed by atoms with Crippen LogP contribution < -0.4 is 5.32 Å². The summed E-state index contributed by atoms with van der Waals surface area (Å²) in [6.45, 7) is 7.29. The lowest BCUT2D eigenvalue weighted by Crippen LogP contribution is -2.41. The summed E-state index contributed by atoms with van der Waals surface area (Å²) >= 11 is 7.08. The molecule has 4 nitrogen and oxygen atoms in total. The molecule has 2 rings (SSSR count). The highest BCUT2D eigenvalue weighted by Crippen LogP contribution is 2.36. The van der Waals surface area contributed by atoms with E-state index in [0.717, 1.165) is 32.6 Å². The summed E-state index contributed by atoms with van der Waals surface area (Å²) in [4.78, 5) is 12.5. The third kappa shape index (κ3) is 7.01. The number of benzene rings is 1. The maximum absolute atomic E-state index is 13.8. The van der Waals surface area contributed by atoms with Crippen molar-refractivity contribution in [2.75, 3.05) is 0 Å². The third-order valence-corrected chi connectivity index (χ3v) is 6.39. The number of allylic oxidation sites excluding steroid dienone is 3. The van der Waals surface area contributed by atoms with Gasteiger partial charge in [0.15, 0.2) is 0 Å². The molecule has 1 aliphatic carbocycles. The van der Waals surface area contributed by atoms with E-state index in [1.807, 2.05) is 6.92 Å². The van der Waals surface area contributed by atoms with Crippen molar-refractivity contribution in [2.24, 2.45) is 0 Å². The molecule has 0 bridgehead atoms. The molecular formula is C22H26Br2F2N2O2. The van der Waals surface area contributed by atoms with Gasteiger partial charge in [0.05, 0.1) is 11.8 Å². The Morgan fingerprint density at radius 2 is 1.80 bits per heavy atom. The average molecular weight is 548 g/mol. The molecule has 0 heterocycles. The maximum Gasteiger partial charge on any atom is 0.408 e. The van der Waals surface area contributed by atoms with Crippen LogP contribution in [0.5, 0.6) is 0 Å². The van der Waals surface area contributed by atoms with Crippen molar-refractivity contribution in [2.45, 2.75) is 65.0 Å². The Kier molecular flexibility index (Phi) is 8.39. The highest BCUT2D eigenvalue weighted by Gasteiger charge is 2.28. The fourth-order valence-corrected chi connectivity index (χ4v) is 4.49. The zero-order chi connectivity index (χ0) is 22.6. The van der Waals surface area contributed by atoms with E-state index in [1.165, 1.54) is 12.1 Å². The first-order chi connectivity index (χ1) is 13.9. The van der Waals surface area contributed by atoms with Gasteiger partial charge in [-0.15, -0.1) is 0 Å².